The lowest BCUT2D eigenvalue weighted by Crippen LogP contribution is -2.61. The van der Waals surface area contributed by atoms with Crippen LogP contribution in [0.25, 0.3) is 0 Å². The molecule has 2 fully saturated rings. The molecule has 3 rings (SSSR count). The number of nitrogens with one attached hydrogen (secondary N) is 2. The number of aromatic amines is 1. The van der Waals surface area contributed by atoms with Gasteiger partial charge in [-0.15, -0.1) is 0 Å². The first-order chi connectivity index (χ1) is 10.00. The van der Waals surface area contributed by atoms with Gasteiger partial charge in [0.05, 0.1) is 0 Å². The molecular weight excluding hydrogens is 281 g/mol. The Balaban J connectivity index is 1.74. The Morgan fingerprint density at radius 2 is 2.00 bits per heavy atom. The summed E-state index contributed by atoms with van der Waals surface area (Å²) >= 11 is 0. The number of aromatic nitrogens is 2. The van der Waals surface area contributed by atoms with E-state index in [0.29, 0.717) is 12.2 Å². The Morgan fingerprint density at radius 1 is 1.24 bits per heavy atom. The Labute approximate surface area is 122 Å². The van der Waals surface area contributed by atoms with Gasteiger partial charge in [0.2, 0.25) is 0 Å². The fourth-order valence-corrected chi connectivity index (χ4v) is 3.63. The molecule has 1 aliphatic carbocycles. The number of hydrogen-bond donors (Lipinski definition) is 2. The molecule has 1 spiro atoms. The third kappa shape index (κ3) is 3.08. The second-order valence-electron chi connectivity index (χ2n) is 6.16. The van der Waals surface area contributed by atoms with Crippen LogP contribution in [0.5, 0.6) is 0 Å². The van der Waals surface area contributed by atoms with Crippen LogP contribution >= 0.6 is 0 Å². The molecule has 0 unspecified atom stereocenters. The van der Waals surface area contributed by atoms with E-state index in [2.05, 4.69) is 20.4 Å². The number of H-pyrrole nitrogens is 1. The predicted molar refractivity (Wildman–Crippen MR) is 72.7 cm³/mol. The minimum absolute atomic E-state index is 0.111. The third-order valence-electron chi connectivity index (χ3n) is 4.75. The van der Waals surface area contributed by atoms with Gasteiger partial charge in [-0.05, 0) is 18.9 Å². The van der Waals surface area contributed by atoms with Crippen molar-refractivity contribution in [3.05, 3.63) is 17.5 Å². The minimum Gasteiger partial charge on any atom is -0.314 e. The van der Waals surface area contributed by atoms with Crippen LogP contribution in [0.4, 0.5) is 13.2 Å². The van der Waals surface area contributed by atoms with E-state index in [1.165, 1.54) is 19.3 Å². The van der Waals surface area contributed by atoms with Gasteiger partial charge in [-0.1, -0.05) is 19.3 Å². The number of piperazine rings is 1. The first-order valence-corrected chi connectivity index (χ1v) is 7.57. The van der Waals surface area contributed by atoms with E-state index in [9.17, 15) is 13.2 Å². The van der Waals surface area contributed by atoms with Crippen molar-refractivity contribution in [2.75, 3.05) is 19.6 Å². The lowest BCUT2D eigenvalue weighted by Gasteiger charge is -2.49. The Morgan fingerprint density at radius 3 is 2.67 bits per heavy atom. The molecule has 1 aliphatic heterocycles. The summed E-state index contributed by atoms with van der Waals surface area (Å²) in [5.41, 5.74) is -0.167. The maximum atomic E-state index is 12.6. The molecule has 1 saturated carbocycles. The Kier molecular flexibility index (Phi) is 3.96. The predicted octanol–water partition coefficient (Wildman–Crippen LogP) is 2.54. The molecule has 0 amide bonds. The lowest BCUT2D eigenvalue weighted by atomic mass is 9.79. The standard InChI is InChI=1S/C14H21F3N4/c15-14(16,17)12-8-11(19-20-12)9-21-7-6-18-10-13(21)4-2-1-3-5-13/h8,18H,1-7,9-10H2,(H,19,20). The highest BCUT2D eigenvalue weighted by molar-refractivity contribution is 5.12. The first-order valence-electron chi connectivity index (χ1n) is 7.57. The first kappa shape index (κ1) is 14.8. The molecular formula is C14H21F3N4. The van der Waals surface area contributed by atoms with E-state index in [0.717, 1.165) is 38.5 Å². The maximum Gasteiger partial charge on any atom is 0.435 e. The molecule has 0 atom stereocenters. The van der Waals surface area contributed by atoms with Gasteiger partial charge in [0.15, 0.2) is 5.69 Å². The summed E-state index contributed by atoms with van der Waals surface area (Å²) in [5.74, 6) is 0. The van der Waals surface area contributed by atoms with Crippen molar-refractivity contribution in [3.8, 4) is 0 Å². The van der Waals surface area contributed by atoms with Gasteiger partial charge in [-0.3, -0.25) is 10.00 Å². The van der Waals surface area contributed by atoms with E-state index in [1.54, 1.807) is 0 Å². The molecule has 1 aromatic rings. The van der Waals surface area contributed by atoms with Crippen molar-refractivity contribution in [1.82, 2.24) is 20.4 Å². The summed E-state index contributed by atoms with van der Waals surface area (Å²) < 4.78 is 37.9. The van der Waals surface area contributed by atoms with Gasteiger partial charge in [0.1, 0.15) is 0 Å². The molecule has 2 N–H and O–H groups in total. The molecule has 4 nitrogen and oxygen atoms in total. The largest absolute Gasteiger partial charge is 0.435 e. The SMILES string of the molecule is FC(F)(F)c1cc(CN2CCNCC23CCCCC3)[nH]n1. The fraction of sp³-hybridized carbons (Fsp3) is 0.786. The molecule has 0 aromatic carbocycles. The Hall–Kier alpha value is -1.08. The topological polar surface area (TPSA) is 44.0 Å². The van der Waals surface area contributed by atoms with Crippen LogP contribution < -0.4 is 5.32 Å². The van der Waals surface area contributed by atoms with Crippen LogP contribution in [0.15, 0.2) is 6.07 Å². The molecule has 118 valence electrons. The van der Waals surface area contributed by atoms with Crippen molar-refractivity contribution in [2.45, 2.75) is 50.4 Å². The molecule has 1 aromatic heterocycles. The van der Waals surface area contributed by atoms with E-state index < -0.39 is 11.9 Å². The van der Waals surface area contributed by atoms with Crippen LogP contribution in [0, 0.1) is 0 Å². The summed E-state index contributed by atoms with van der Waals surface area (Å²) in [6.45, 7) is 3.22. The second kappa shape index (κ2) is 5.61. The van der Waals surface area contributed by atoms with Crippen LogP contribution in [0.1, 0.15) is 43.5 Å². The van der Waals surface area contributed by atoms with Crippen molar-refractivity contribution < 1.29 is 13.2 Å². The Bertz CT molecular complexity index is 469. The quantitative estimate of drug-likeness (QED) is 0.882. The van der Waals surface area contributed by atoms with Crippen LogP contribution in [-0.4, -0.2) is 40.3 Å². The van der Waals surface area contributed by atoms with Gasteiger partial charge in [-0.25, -0.2) is 0 Å². The average molecular weight is 302 g/mol. The fourth-order valence-electron chi connectivity index (χ4n) is 3.63. The zero-order valence-corrected chi connectivity index (χ0v) is 12.0. The van der Waals surface area contributed by atoms with Gasteiger partial charge >= 0.3 is 6.18 Å². The molecule has 2 heterocycles. The zero-order valence-electron chi connectivity index (χ0n) is 12.0. The normalized spacial score (nSPS) is 23.6. The van der Waals surface area contributed by atoms with Crippen molar-refractivity contribution in [3.63, 3.8) is 0 Å². The van der Waals surface area contributed by atoms with Crippen LogP contribution in [0.2, 0.25) is 0 Å². The highest BCUT2D eigenvalue weighted by Crippen LogP contribution is 2.36. The van der Waals surface area contributed by atoms with Crippen LogP contribution in [-0.2, 0) is 12.7 Å². The lowest BCUT2D eigenvalue weighted by molar-refractivity contribution is -0.141. The summed E-state index contributed by atoms with van der Waals surface area (Å²) in [7, 11) is 0. The molecule has 0 radical (unpaired) electrons. The second-order valence-corrected chi connectivity index (χ2v) is 6.16. The van der Waals surface area contributed by atoms with E-state index in [1.807, 2.05) is 0 Å². The van der Waals surface area contributed by atoms with E-state index >= 15 is 0 Å². The van der Waals surface area contributed by atoms with Gasteiger partial charge < -0.3 is 5.32 Å². The maximum absolute atomic E-state index is 12.6. The van der Waals surface area contributed by atoms with E-state index in [4.69, 9.17) is 0 Å². The van der Waals surface area contributed by atoms with E-state index in [-0.39, 0.29) is 5.54 Å². The van der Waals surface area contributed by atoms with Crippen LogP contribution in [0.3, 0.4) is 0 Å². The number of rotatable bonds is 2. The summed E-state index contributed by atoms with van der Waals surface area (Å²) in [4.78, 5) is 2.34. The molecule has 21 heavy (non-hydrogen) atoms. The monoisotopic (exact) mass is 302 g/mol. The summed E-state index contributed by atoms with van der Waals surface area (Å²) in [6.07, 6.45) is 1.54. The van der Waals surface area contributed by atoms with Gasteiger partial charge in [0, 0.05) is 37.4 Å². The number of hydrogen-bond acceptors (Lipinski definition) is 3. The summed E-state index contributed by atoms with van der Waals surface area (Å²) in [5, 5.41) is 9.39. The van der Waals surface area contributed by atoms with Gasteiger partial charge in [0.25, 0.3) is 0 Å². The third-order valence-corrected chi connectivity index (χ3v) is 4.75. The molecule has 7 heteroatoms. The van der Waals surface area contributed by atoms with Crippen molar-refractivity contribution in [2.24, 2.45) is 0 Å². The molecule has 2 aliphatic rings. The van der Waals surface area contributed by atoms with Gasteiger partial charge in [-0.2, -0.15) is 18.3 Å². The smallest absolute Gasteiger partial charge is 0.314 e. The number of alkyl halides is 3. The zero-order chi connectivity index (χ0) is 14.9. The molecule has 1 saturated heterocycles. The minimum atomic E-state index is -4.37. The number of nitrogens with zero attached hydrogens (tertiary/aromatic N) is 2. The van der Waals surface area contributed by atoms with Crippen molar-refractivity contribution >= 4 is 0 Å². The highest BCUT2D eigenvalue weighted by atomic mass is 19.4. The highest BCUT2D eigenvalue weighted by Gasteiger charge is 2.40. The number of halogens is 3. The van der Waals surface area contributed by atoms with Crippen molar-refractivity contribution in [1.29, 1.82) is 0 Å². The molecule has 0 bridgehead atoms. The average Bonchev–Trinajstić information content (AvgIpc) is 2.91. The summed E-state index contributed by atoms with van der Waals surface area (Å²) in [6, 6.07) is 1.14.